The monoisotopic (exact) mass is 623 g/mol. The fraction of sp³-hybridized carbons (Fsp3) is 0.111. The van der Waals surface area contributed by atoms with Crippen LogP contribution < -0.4 is 0 Å². The third-order valence-corrected chi connectivity index (χ3v) is 5.85. The fourth-order valence-electron chi connectivity index (χ4n) is 3.94. The van der Waals surface area contributed by atoms with E-state index in [1.165, 1.54) is 0 Å². The van der Waals surface area contributed by atoms with E-state index in [-0.39, 0.29) is 21.1 Å². The average Bonchev–Trinajstić information content (AvgIpc) is 3.49. The van der Waals surface area contributed by atoms with Crippen LogP contribution >= 0.6 is 0 Å². The molecule has 0 spiro atoms. The van der Waals surface area contributed by atoms with E-state index < -0.39 is 5.41 Å². The molecular weight excluding hydrogens is 603 g/mol. The van der Waals surface area contributed by atoms with E-state index in [0.29, 0.717) is 0 Å². The normalized spacial score (nSPS) is 11.6. The van der Waals surface area contributed by atoms with E-state index in [1.807, 2.05) is 94.2 Å². The predicted molar refractivity (Wildman–Crippen MR) is 127 cm³/mol. The Balaban J connectivity index is 0.00000241. The van der Waals surface area contributed by atoms with Crippen molar-refractivity contribution in [3.05, 3.63) is 109 Å². The quantitative estimate of drug-likeness (QED) is 0.259. The van der Waals surface area contributed by atoms with Gasteiger partial charge in [-0.1, -0.05) is 36.4 Å². The molecule has 168 valence electrons. The maximum atomic E-state index is 4.95. The van der Waals surface area contributed by atoms with Gasteiger partial charge in [-0.25, -0.2) is 0 Å². The van der Waals surface area contributed by atoms with E-state index in [1.54, 1.807) is 0 Å². The number of fused-ring (bicyclic) bond motifs is 2. The molecule has 0 bridgehead atoms. The molecule has 0 fully saturated rings. The summed E-state index contributed by atoms with van der Waals surface area (Å²) in [6, 6.07) is 30.5. The smallest absolute Gasteiger partial charge is 0.314 e. The van der Waals surface area contributed by atoms with Crippen molar-refractivity contribution in [2.24, 2.45) is 0 Å². The van der Waals surface area contributed by atoms with E-state index in [2.05, 4.69) is 36.2 Å². The van der Waals surface area contributed by atoms with E-state index in [9.17, 15) is 0 Å². The van der Waals surface area contributed by atoms with Crippen LogP contribution in [-0.2, 0) is 26.5 Å². The molecule has 0 amide bonds. The van der Waals surface area contributed by atoms with E-state index in [4.69, 9.17) is 9.97 Å². The second-order valence-electron chi connectivity index (χ2n) is 8.45. The van der Waals surface area contributed by atoms with Crippen LogP contribution in [0.1, 0.15) is 25.2 Å². The molecule has 0 aliphatic rings. The van der Waals surface area contributed by atoms with Crippen molar-refractivity contribution in [3.63, 3.8) is 0 Å². The molecule has 0 saturated heterocycles. The van der Waals surface area contributed by atoms with Crippen molar-refractivity contribution in [1.82, 2.24) is 29.2 Å². The Labute approximate surface area is 211 Å². The van der Waals surface area contributed by atoms with Gasteiger partial charge in [0.1, 0.15) is 0 Å². The van der Waals surface area contributed by atoms with Crippen molar-refractivity contribution >= 4 is 11.0 Å². The number of pyridine rings is 4. The molecule has 6 aromatic heterocycles. The summed E-state index contributed by atoms with van der Waals surface area (Å²) < 4.78 is 3.62. The minimum absolute atomic E-state index is 0. The summed E-state index contributed by atoms with van der Waals surface area (Å²) in [4.78, 5) is 9.90. The second kappa shape index (κ2) is 8.62. The molecule has 6 heterocycles. The van der Waals surface area contributed by atoms with Crippen LogP contribution in [0.25, 0.3) is 33.8 Å². The molecule has 0 N–H and O–H groups in total. The van der Waals surface area contributed by atoms with Gasteiger partial charge in [0.25, 0.3) is 0 Å². The molecule has 7 heteroatoms. The predicted octanol–water partition coefficient (Wildman–Crippen LogP) is 5.03. The summed E-state index contributed by atoms with van der Waals surface area (Å²) in [5.74, 6) is 0. The first-order chi connectivity index (χ1) is 16.1. The Kier molecular flexibility index (Phi) is 5.62. The maximum Gasteiger partial charge on any atom is 2.00 e. The van der Waals surface area contributed by atoms with Gasteiger partial charge >= 0.3 is 21.1 Å². The molecule has 6 nitrogen and oxygen atoms in total. The maximum absolute atomic E-state index is 4.95. The van der Waals surface area contributed by atoms with Crippen molar-refractivity contribution in [2.75, 3.05) is 0 Å². The topological polar surface area (TPSA) is 60.4 Å². The summed E-state index contributed by atoms with van der Waals surface area (Å²) in [5, 5.41) is 9.24. The minimum atomic E-state index is -0.426. The molecule has 6 aromatic rings. The minimum Gasteiger partial charge on any atom is -0.314 e. The summed E-state index contributed by atoms with van der Waals surface area (Å²) in [6.07, 6.45) is 3.82. The van der Waals surface area contributed by atoms with Crippen LogP contribution in [0, 0.1) is 12.1 Å². The van der Waals surface area contributed by atoms with Crippen LogP contribution in [0.5, 0.6) is 0 Å². The number of nitrogens with zero attached hydrogens (tertiary/aromatic N) is 6. The number of aromatic nitrogens is 6. The fourth-order valence-corrected chi connectivity index (χ4v) is 3.94. The zero-order valence-corrected chi connectivity index (χ0v) is 20.9. The van der Waals surface area contributed by atoms with Gasteiger partial charge in [-0.3, -0.25) is 9.03 Å². The van der Waals surface area contributed by atoms with Gasteiger partial charge in [0.05, 0.1) is 0 Å². The molecule has 0 radical (unpaired) electrons. The standard InChI is InChI=1S/C27H20N6.Pt/c1-27(2,25-13-7-11-21(28-25)23-17-19-9-3-5-15-32(19)30-23)26-14-8-12-22(29-26)24-18-20-10-4-6-16-33(20)31-24;/h3-16H,1-2H3;/q-2;+2. The van der Waals surface area contributed by atoms with Gasteiger partial charge in [-0.15, -0.1) is 36.4 Å². The Bertz CT molecular complexity index is 1430. The van der Waals surface area contributed by atoms with Gasteiger partial charge in [0, 0.05) is 29.2 Å². The first kappa shape index (κ1) is 22.2. The van der Waals surface area contributed by atoms with Crippen LogP contribution in [0.15, 0.2) is 85.2 Å². The molecule has 0 atom stereocenters. The Morgan fingerprint density at radius 2 is 1.09 bits per heavy atom. The number of rotatable bonds is 4. The summed E-state index contributed by atoms with van der Waals surface area (Å²) in [5.41, 5.74) is 6.24. The summed E-state index contributed by atoms with van der Waals surface area (Å²) >= 11 is 0. The van der Waals surface area contributed by atoms with Gasteiger partial charge in [-0.2, -0.15) is 10.2 Å². The van der Waals surface area contributed by atoms with Gasteiger partial charge in [0.2, 0.25) is 0 Å². The molecule has 6 rings (SSSR count). The number of hydrogen-bond acceptors (Lipinski definition) is 4. The van der Waals surface area contributed by atoms with Crippen molar-refractivity contribution in [3.8, 4) is 22.8 Å². The zero-order valence-electron chi connectivity index (χ0n) is 18.6. The van der Waals surface area contributed by atoms with Crippen molar-refractivity contribution in [1.29, 1.82) is 0 Å². The van der Waals surface area contributed by atoms with E-state index in [0.717, 1.165) is 45.2 Å². The Morgan fingerprint density at radius 1 is 0.618 bits per heavy atom. The Morgan fingerprint density at radius 3 is 1.53 bits per heavy atom. The molecule has 0 unspecified atom stereocenters. The largest absolute Gasteiger partial charge is 2.00 e. The van der Waals surface area contributed by atoms with Crippen LogP contribution in [0.3, 0.4) is 0 Å². The molecular formula is C27H20N6Pt. The second-order valence-corrected chi connectivity index (χ2v) is 8.45. The SMILES string of the molecule is CC(C)(c1cccc(-c2[c-]c3ccccn3n2)n1)c1cccc(-c2[c-]c3ccccn3n2)n1.[Pt+2]. The first-order valence-electron chi connectivity index (χ1n) is 10.8. The van der Waals surface area contributed by atoms with Gasteiger partial charge < -0.3 is 9.97 Å². The first-order valence-corrected chi connectivity index (χ1v) is 10.8. The summed E-state index contributed by atoms with van der Waals surface area (Å²) in [6.45, 7) is 4.26. The Hall–Kier alpha value is -3.63. The molecule has 0 aromatic carbocycles. The third-order valence-electron chi connectivity index (χ3n) is 5.85. The molecule has 0 saturated carbocycles. The third kappa shape index (κ3) is 3.84. The molecule has 0 aliphatic carbocycles. The molecule has 0 aliphatic heterocycles. The van der Waals surface area contributed by atoms with Gasteiger partial charge in [0.15, 0.2) is 0 Å². The summed E-state index contributed by atoms with van der Waals surface area (Å²) in [7, 11) is 0. The zero-order chi connectivity index (χ0) is 22.4. The average molecular weight is 624 g/mol. The van der Waals surface area contributed by atoms with Gasteiger partial charge in [-0.05, 0) is 59.8 Å². The van der Waals surface area contributed by atoms with E-state index >= 15 is 0 Å². The van der Waals surface area contributed by atoms with Crippen LogP contribution in [0.2, 0.25) is 0 Å². The van der Waals surface area contributed by atoms with Crippen LogP contribution in [-0.4, -0.2) is 29.2 Å². The van der Waals surface area contributed by atoms with Crippen LogP contribution in [0.4, 0.5) is 0 Å². The molecule has 34 heavy (non-hydrogen) atoms. The number of hydrogen-bond donors (Lipinski definition) is 0. The van der Waals surface area contributed by atoms with Crippen molar-refractivity contribution in [2.45, 2.75) is 19.3 Å². The van der Waals surface area contributed by atoms with Crippen molar-refractivity contribution < 1.29 is 21.1 Å².